The van der Waals surface area contributed by atoms with Crippen molar-refractivity contribution in [3.8, 4) is 0 Å². The summed E-state index contributed by atoms with van der Waals surface area (Å²) in [4.78, 5) is 0. The first-order valence-corrected chi connectivity index (χ1v) is 5.47. The standard InChI is InChI=1S/C13H20FN/c1-10(2)7-8-13(3,15)11-5-4-6-12(14)9-11/h4-6,9-10H,7-8,15H2,1-3H3. The first-order valence-electron chi connectivity index (χ1n) is 5.47. The molecule has 1 atom stereocenters. The zero-order valence-electron chi connectivity index (χ0n) is 9.76. The summed E-state index contributed by atoms with van der Waals surface area (Å²) in [5, 5.41) is 0. The average molecular weight is 209 g/mol. The Morgan fingerprint density at radius 1 is 1.40 bits per heavy atom. The lowest BCUT2D eigenvalue weighted by Gasteiger charge is -2.26. The minimum absolute atomic E-state index is 0.214. The minimum atomic E-state index is -0.424. The van der Waals surface area contributed by atoms with E-state index in [1.165, 1.54) is 12.1 Å². The van der Waals surface area contributed by atoms with Crippen molar-refractivity contribution in [2.24, 2.45) is 11.7 Å². The molecule has 0 spiro atoms. The molecule has 2 heteroatoms. The number of halogens is 1. The normalized spacial score (nSPS) is 15.3. The van der Waals surface area contributed by atoms with Gasteiger partial charge in [-0.1, -0.05) is 26.0 Å². The van der Waals surface area contributed by atoms with Crippen LogP contribution in [0.1, 0.15) is 39.2 Å². The van der Waals surface area contributed by atoms with Crippen molar-refractivity contribution in [1.82, 2.24) is 0 Å². The van der Waals surface area contributed by atoms with Gasteiger partial charge < -0.3 is 5.73 Å². The number of hydrogen-bond acceptors (Lipinski definition) is 1. The van der Waals surface area contributed by atoms with E-state index in [1.54, 1.807) is 6.07 Å². The summed E-state index contributed by atoms with van der Waals surface area (Å²) in [6, 6.07) is 6.58. The molecule has 1 unspecified atom stereocenters. The van der Waals surface area contributed by atoms with Crippen LogP contribution in [0.2, 0.25) is 0 Å². The van der Waals surface area contributed by atoms with Crippen molar-refractivity contribution in [2.45, 2.75) is 39.2 Å². The molecule has 0 amide bonds. The van der Waals surface area contributed by atoms with Crippen molar-refractivity contribution < 1.29 is 4.39 Å². The Morgan fingerprint density at radius 3 is 2.60 bits per heavy atom. The predicted molar refractivity (Wildman–Crippen MR) is 62.0 cm³/mol. The van der Waals surface area contributed by atoms with Crippen LogP contribution in [-0.2, 0) is 5.54 Å². The lowest BCUT2D eigenvalue weighted by atomic mass is 9.86. The molecule has 0 radical (unpaired) electrons. The van der Waals surface area contributed by atoms with Gasteiger partial charge in [-0.15, -0.1) is 0 Å². The second kappa shape index (κ2) is 4.75. The van der Waals surface area contributed by atoms with Crippen molar-refractivity contribution in [3.05, 3.63) is 35.6 Å². The Balaban J connectivity index is 2.76. The molecule has 0 aromatic heterocycles. The third kappa shape index (κ3) is 3.63. The van der Waals surface area contributed by atoms with E-state index in [0.717, 1.165) is 18.4 Å². The van der Waals surface area contributed by atoms with E-state index in [-0.39, 0.29) is 5.82 Å². The fourth-order valence-electron chi connectivity index (χ4n) is 1.58. The lowest BCUT2D eigenvalue weighted by Crippen LogP contribution is -2.33. The monoisotopic (exact) mass is 209 g/mol. The molecule has 0 bridgehead atoms. The van der Waals surface area contributed by atoms with Crippen LogP contribution in [0, 0.1) is 11.7 Å². The molecule has 0 aliphatic heterocycles. The number of rotatable bonds is 4. The topological polar surface area (TPSA) is 26.0 Å². The number of hydrogen-bond donors (Lipinski definition) is 1. The third-order valence-corrected chi connectivity index (χ3v) is 2.73. The lowest BCUT2D eigenvalue weighted by molar-refractivity contribution is 0.395. The first kappa shape index (κ1) is 12.2. The fraction of sp³-hybridized carbons (Fsp3) is 0.538. The second-order valence-electron chi connectivity index (χ2n) is 4.86. The Labute approximate surface area is 91.5 Å². The molecule has 1 aromatic rings. The third-order valence-electron chi connectivity index (χ3n) is 2.73. The maximum absolute atomic E-state index is 13.0. The van der Waals surface area contributed by atoms with E-state index < -0.39 is 5.54 Å². The number of nitrogens with two attached hydrogens (primary N) is 1. The molecule has 0 heterocycles. The molecule has 1 aromatic carbocycles. The summed E-state index contributed by atoms with van der Waals surface area (Å²) in [6.07, 6.45) is 1.94. The largest absolute Gasteiger partial charge is 0.322 e. The summed E-state index contributed by atoms with van der Waals surface area (Å²) < 4.78 is 13.0. The Bertz CT molecular complexity index is 318. The van der Waals surface area contributed by atoms with Gasteiger partial charge in [0.05, 0.1) is 0 Å². The highest BCUT2D eigenvalue weighted by molar-refractivity contribution is 5.23. The van der Waals surface area contributed by atoms with E-state index in [0.29, 0.717) is 5.92 Å². The van der Waals surface area contributed by atoms with Gasteiger partial charge >= 0.3 is 0 Å². The molecule has 15 heavy (non-hydrogen) atoms. The van der Waals surface area contributed by atoms with Gasteiger partial charge in [0.25, 0.3) is 0 Å². The van der Waals surface area contributed by atoms with E-state index in [4.69, 9.17) is 5.73 Å². The van der Waals surface area contributed by atoms with Gasteiger partial charge in [0.2, 0.25) is 0 Å². The predicted octanol–water partition coefficient (Wildman–Crippen LogP) is 3.44. The van der Waals surface area contributed by atoms with E-state index in [1.807, 2.05) is 13.0 Å². The number of benzene rings is 1. The van der Waals surface area contributed by atoms with Crippen LogP contribution in [0.25, 0.3) is 0 Å². The quantitative estimate of drug-likeness (QED) is 0.807. The van der Waals surface area contributed by atoms with Gasteiger partial charge in [-0.2, -0.15) is 0 Å². The van der Waals surface area contributed by atoms with Crippen LogP contribution in [0.15, 0.2) is 24.3 Å². The van der Waals surface area contributed by atoms with E-state index in [2.05, 4.69) is 13.8 Å². The van der Waals surface area contributed by atoms with Crippen LogP contribution in [0.3, 0.4) is 0 Å². The maximum atomic E-state index is 13.0. The molecule has 0 aliphatic rings. The molecule has 1 rings (SSSR count). The van der Waals surface area contributed by atoms with Crippen LogP contribution in [0.5, 0.6) is 0 Å². The zero-order valence-corrected chi connectivity index (χ0v) is 9.76. The van der Waals surface area contributed by atoms with Gasteiger partial charge in [0, 0.05) is 5.54 Å². The highest BCUT2D eigenvalue weighted by Gasteiger charge is 2.21. The smallest absolute Gasteiger partial charge is 0.123 e. The van der Waals surface area contributed by atoms with Gasteiger partial charge in [0.15, 0.2) is 0 Å². The first-order chi connectivity index (χ1) is 6.92. The van der Waals surface area contributed by atoms with Crippen LogP contribution < -0.4 is 5.73 Å². The summed E-state index contributed by atoms with van der Waals surface area (Å²) in [5.41, 5.74) is 6.64. The maximum Gasteiger partial charge on any atom is 0.123 e. The molecule has 0 saturated carbocycles. The summed E-state index contributed by atoms with van der Waals surface area (Å²) in [6.45, 7) is 6.30. The molecule has 0 saturated heterocycles. The fourth-order valence-corrected chi connectivity index (χ4v) is 1.58. The van der Waals surface area contributed by atoms with Crippen molar-refractivity contribution >= 4 is 0 Å². The van der Waals surface area contributed by atoms with Gasteiger partial charge in [-0.3, -0.25) is 0 Å². The van der Waals surface area contributed by atoms with Crippen molar-refractivity contribution in [1.29, 1.82) is 0 Å². The second-order valence-corrected chi connectivity index (χ2v) is 4.86. The SMILES string of the molecule is CC(C)CCC(C)(N)c1cccc(F)c1. The highest BCUT2D eigenvalue weighted by atomic mass is 19.1. The van der Waals surface area contributed by atoms with Crippen molar-refractivity contribution in [3.63, 3.8) is 0 Å². The molecule has 2 N–H and O–H groups in total. The van der Waals surface area contributed by atoms with E-state index >= 15 is 0 Å². The van der Waals surface area contributed by atoms with Crippen LogP contribution in [-0.4, -0.2) is 0 Å². The minimum Gasteiger partial charge on any atom is -0.322 e. The van der Waals surface area contributed by atoms with Crippen LogP contribution in [0.4, 0.5) is 4.39 Å². The molecule has 1 nitrogen and oxygen atoms in total. The van der Waals surface area contributed by atoms with Crippen LogP contribution >= 0.6 is 0 Å². The summed E-state index contributed by atoms with van der Waals surface area (Å²) in [7, 11) is 0. The van der Waals surface area contributed by atoms with Crippen molar-refractivity contribution in [2.75, 3.05) is 0 Å². The molecule has 0 fully saturated rings. The zero-order chi connectivity index (χ0) is 11.5. The van der Waals surface area contributed by atoms with Gasteiger partial charge in [0.1, 0.15) is 5.82 Å². The molecule has 0 aliphatic carbocycles. The van der Waals surface area contributed by atoms with E-state index in [9.17, 15) is 4.39 Å². The Morgan fingerprint density at radius 2 is 2.07 bits per heavy atom. The van der Waals surface area contributed by atoms with Gasteiger partial charge in [-0.25, -0.2) is 4.39 Å². The summed E-state index contributed by atoms with van der Waals surface area (Å²) in [5.74, 6) is 0.412. The van der Waals surface area contributed by atoms with Gasteiger partial charge in [-0.05, 0) is 43.4 Å². The molecule has 84 valence electrons. The average Bonchev–Trinajstić information content (AvgIpc) is 2.15. The molecular formula is C13H20FN. The Kier molecular flexibility index (Phi) is 3.86. The Hall–Kier alpha value is -0.890. The highest BCUT2D eigenvalue weighted by Crippen LogP contribution is 2.25. The summed E-state index contributed by atoms with van der Waals surface area (Å²) >= 11 is 0. The molecular weight excluding hydrogens is 189 g/mol.